The maximum Gasteiger partial charge on any atom is 0.0872 e. The highest BCUT2D eigenvalue weighted by atomic mass is 16.5. The lowest BCUT2D eigenvalue weighted by Crippen LogP contribution is -2.45. The van der Waals surface area contributed by atoms with Gasteiger partial charge in [-0.25, -0.2) is 0 Å². The number of ether oxygens (including phenoxy) is 1. The molecule has 0 spiro atoms. The Balaban J connectivity index is 2.26. The van der Waals surface area contributed by atoms with Gasteiger partial charge in [0.25, 0.3) is 0 Å². The topological polar surface area (TPSA) is 21.3 Å². The van der Waals surface area contributed by atoms with Crippen LogP contribution in [0.2, 0.25) is 0 Å². The monoisotopic (exact) mass is 233 g/mol. The summed E-state index contributed by atoms with van der Waals surface area (Å²) < 4.78 is 5.92. The van der Waals surface area contributed by atoms with Gasteiger partial charge in [0.15, 0.2) is 0 Å². The van der Waals surface area contributed by atoms with Gasteiger partial charge in [0, 0.05) is 7.11 Å². The molecule has 2 rings (SSSR count). The number of hydrogen-bond acceptors (Lipinski definition) is 2. The largest absolute Gasteiger partial charge is 0.376 e. The minimum atomic E-state index is -0.0195. The minimum absolute atomic E-state index is 0.0195. The summed E-state index contributed by atoms with van der Waals surface area (Å²) in [5.41, 5.74) is 1.31. The molecule has 1 atom stereocenters. The lowest BCUT2D eigenvalue weighted by atomic mass is 9.76. The minimum Gasteiger partial charge on any atom is -0.376 e. The molecular formula is C15H23NO. The lowest BCUT2D eigenvalue weighted by Gasteiger charge is -2.42. The Bertz CT molecular complexity index is 330. The van der Waals surface area contributed by atoms with E-state index in [-0.39, 0.29) is 5.60 Å². The molecule has 1 aliphatic carbocycles. The van der Waals surface area contributed by atoms with E-state index in [0.29, 0.717) is 6.04 Å². The van der Waals surface area contributed by atoms with Crippen LogP contribution in [0.25, 0.3) is 0 Å². The summed E-state index contributed by atoms with van der Waals surface area (Å²) in [5, 5.41) is 3.45. The Labute approximate surface area is 104 Å². The van der Waals surface area contributed by atoms with Gasteiger partial charge in [-0.15, -0.1) is 0 Å². The Hall–Kier alpha value is -0.860. The second-order valence-corrected chi connectivity index (χ2v) is 4.96. The predicted molar refractivity (Wildman–Crippen MR) is 71.1 cm³/mol. The highest BCUT2D eigenvalue weighted by Crippen LogP contribution is 2.40. The van der Waals surface area contributed by atoms with Gasteiger partial charge in [-0.1, -0.05) is 49.6 Å². The Morgan fingerprint density at radius 3 is 2.29 bits per heavy atom. The van der Waals surface area contributed by atoms with E-state index < -0.39 is 0 Å². The van der Waals surface area contributed by atoms with Crippen molar-refractivity contribution < 1.29 is 4.74 Å². The van der Waals surface area contributed by atoms with Crippen molar-refractivity contribution in [3.8, 4) is 0 Å². The normalized spacial score (nSPS) is 21.1. The van der Waals surface area contributed by atoms with Crippen molar-refractivity contribution in [1.82, 2.24) is 5.32 Å². The first kappa shape index (κ1) is 12.6. The molecule has 0 heterocycles. The Kier molecular flexibility index (Phi) is 4.19. The molecule has 0 aromatic heterocycles. The van der Waals surface area contributed by atoms with Gasteiger partial charge in [-0.05, 0) is 25.5 Å². The number of nitrogens with one attached hydrogen (secondary N) is 1. The number of benzene rings is 1. The van der Waals surface area contributed by atoms with Crippen LogP contribution in [-0.4, -0.2) is 19.8 Å². The van der Waals surface area contributed by atoms with Gasteiger partial charge in [-0.3, -0.25) is 0 Å². The number of likely N-dealkylation sites (N-methyl/N-ethyl adjacent to an activating group) is 1. The molecule has 0 saturated heterocycles. The molecule has 1 fully saturated rings. The maximum atomic E-state index is 5.92. The van der Waals surface area contributed by atoms with Crippen LogP contribution < -0.4 is 5.32 Å². The van der Waals surface area contributed by atoms with Gasteiger partial charge in [0.05, 0.1) is 11.6 Å². The van der Waals surface area contributed by atoms with E-state index in [1.54, 1.807) is 0 Å². The van der Waals surface area contributed by atoms with Crippen LogP contribution in [0, 0.1) is 0 Å². The fourth-order valence-corrected chi connectivity index (χ4v) is 3.14. The van der Waals surface area contributed by atoms with E-state index in [0.717, 1.165) is 12.8 Å². The molecule has 0 bridgehead atoms. The summed E-state index contributed by atoms with van der Waals surface area (Å²) in [5.74, 6) is 0. The summed E-state index contributed by atoms with van der Waals surface area (Å²) in [7, 11) is 3.89. The van der Waals surface area contributed by atoms with Crippen molar-refractivity contribution >= 4 is 0 Å². The van der Waals surface area contributed by atoms with Crippen molar-refractivity contribution in [2.24, 2.45) is 0 Å². The van der Waals surface area contributed by atoms with E-state index >= 15 is 0 Å². The molecule has 2 heteroatoms. The molecule has 1 aromatic carbocycles. The zero-order chi connectivity index (χ0) is 12.1. The average molecular weight is 233 g/mol. The van der Waals surface area contributed by atoms with Crippen LogP contribution in [0.4, 0.5) is 0 Å². The molecular weight excluding hydrogens is 210 g/mol. The fraction of sp³-hybridized carbons (Fsp3) is 0.600. The predicted octanol–water partition coefficient (Wildman–Crippen LogP) is 3.30. The third-order valence-corrected chi connectivity index (χ3v) is 4.05. The van der Waals surface area contributed by atoms with Crippen molar-refractivity contribution in [3.63, 3.8) is 0 Å². The summed E-state index contributed by atoms with van der Waals surface area (Å²) in [6.07, 6.45) is 6.21. The van der Waals surface area contributed by atoms with Crippen molar-refractivity contribution in [3.05, 3.63) is 35.9 Å². The zero-order valence-electron chi connectivity index (χ0n) is 10.9. The fourth-order valence-electron chi connectivity index (χ4n) is 3.14. The summed E-state index contributed by atoms with van der Waals surface area (Å²) in [6, 6.07) is 11.0. The Morgan fingerprint density at radius 1 is 1.12 bits per heavy atom. The second-order valence-electron chi connectivity index (χ2n) is 4.96. The van der Waals surface area contributed by atoms with Crippen LogP contribution >= 0.6 is 0 Å². The quantitative estimate of drug-likeness (QED) is 0.861. The van der Waals surface area contributed by atoms with Crippen molar-refractivity contribution in [2.75, 3.05) is 14.2 Å². The summed E-state index contributed by atoms with van der Waals surface area (Å²) >= 11 is 0. The molecule has 1 saturated carbocycles. The van der Waals surface area contributed by atoms with Gasteiger partial charge >= 0.3 is 0 Å². The van der Waals surface area contributed by atoms with Crippen LogP contribution in [0.1, 0.15) is 43.7 Å². The second kappa shape index (κ2) is 5.65. The molecule has 0 aliphatic heterocycles. The number of hydrogen-bond donors (Lipinski definition) is 1. The molecule has 1 aromatic rings. The molecule has 94 valence electrons. The number of methoxy groups -OCH3 is 1. The van der Waals surface area contributed by atoms with E-state index in [4.69, 9.17) is 4.74 Å². The standard InChI is InChI=1S/C15H23NO/c1-16-14(13-9-5-3-6-10-13)15(17-2)11-7-4-8-12-15/h3,5-6,9-10,14,16H,4,7-8,11-12H2,1-2H3. The Morgan fingerprint density at radius 2 is 1.76 bits per heavy atom. The van der Waals surface area contributed by atoms with Gasteiger partial charge < -0.3 is 10.1 Å². The van der Waals surface area contributed by atoms with Crippen molar-refractivity contribution in [2.45, 2.75) is 43.7 Å². The number of rotatable bonds is 4. The van der Waals surface area contributed by atoms with E-state index in [2.05, 4.69) is 35.6 Å². The smallest absolute Gasteiger partial charge is 0.0872 e. The molecule has 0 amide bonds. The highest BCUT2D eigenvalue weighted by Gasteiger charge is 2.39. The molecule has 0 radical (unpaired) electrons. The van der Waals surface area contributed by atoms with Gasteiger partial charge in [0.2, 0.25) is 0 Å². The van der Waals surface area contributed by atoms with Gasteiger partial charge in [-0.2, -0.15) is 0 Å². The summed E-state index contributed by atoms with van der Waals surface area (Å²) in [6.45, 7) is 0. The average Bonchev–Trinajstić information content (AvgIpc) is 2.42. The molecule has 1 N–H and O–H groups in total. The van der Waals surface area contributed by atoms with E-state index in [1.807, 2.05) is 14.2 Å². The first-order valence-corrected chi connectivity index (χ1v) is 6.60. The van der Waals surface area contributed by atoms with Gasteiger partial charge in [0.1, 0.15) is 0 Å². The summed E-state index contributed by atoms with van der Waals surface area (Å²) in [4.78, 5) is 0. The molecule has 1 aliphatic rings. The molecule has 2 nitrogen and oxygen atoms in total. The molecule has 1 unspecified atom stereocenters. The third-order valence-electron chi connectivity index (χ3n) is 4.05. The van der Waals surface area contributed by atoms with E-state index in [1.165, 1.54) is 24.8 Å². The van der Waals surface area contributed by atoms with Crippen LogP contribution in [0.15, 0.2) is 30.3 Å². The first-order chi connectivity index (χ1) is 8.32. The highest BCUT2D eigenvalue weighted by molar-refractivity contribution is 5.22. The van der Waals surface area contributed by atoms with Crippen LogP contribution in [0.5, 0.6) is 0 Å². The van der Waals surface area contributed by atoms with Crippen LogP contribution in [0.3, 0.4) is 0 Å². The van der Waals surface area contributed by atoms with Crippen molar-refractivity contribution in [1.29, 1.82) is 0 Å². The first-order valence-electron chi connectivity index (χ1n) is 6.60. The molecule has 17 heavy (non-hydrogen) atoms. The van der Waals surface area contributed by atoms with Crippen LogP contribution in [-0.2, 0) is 4.74 Å². The van der Waals surface area contributed by atoms with E-state index in [9.17, 15) is 0 Å². The zero-order valence-corrected chi connectivity index (χ0v) is 10.9. The maximum absolute atomic E-state index is 5.92. The third kappa shape index (κ3) is 2.53. The SMILES string of the molecule is CNC(c1ccccc1)C1(OC)CCCCC1. The lowest BCUT2D eigenvalue weighted by molar-refractivity contribution is -0.0671.